The van der Waals surface area contributed by atoms with Gasteiger partial charge in [-0.05, 0) is 67.8 Å². The van der Waals surface area contributed by atoms with Crippen LogP contribution in [0, 0.1) is 6.57 Å². The van der Waals surface area contributed by atoms with E-state index in [9.17, 15) is 0 Å². The highest BCUT2D eigenvalue weighted by Gasteiger charge is 2.46. The van der Waals surface area contributed by atoms with Crippen molar-refractivity contribution in [1.29, 1.82) is 0 Å². The van der Waals surface area contributed by atoms with E-state index < -0.39 is 5.41 Å². The van der Waals surface area contributed by atoms with Crippen molar-refractivity contribution < 1.29 is 0 Å². The molecular formula is C53H34N4. The van der Waals surface area contributed by atoms with Crippen LogP contribution >= 0.6 is 0 Å². The van der Waals surface area contributed by atoms with Crippen molar-refractivity contribution in [1.82, 2.24) is 15.0 Å². The molecule has 1 heterocycles. The van der Waals surface area contributed by atoms with Gasteiger partial charge >= 0.3 is 0 Å². The quantitative estimate of drug-likeness (QED) is 0.154. The Kier molecular flexibility index (Phi) is 8.39. The Labute approximate surface area is 332 Å². The smallest absolute Gasteiger partial charge is 0.195 e. The number of nitrogens with zero attached hydrogens (tertiary/aromatic N) is 4. The summed E-state index contributed by atoms with van der Waals surface area (Å²) in [6.45, 7) is 8.17. The van der Waals surface area contributed by atoms with Crippen molar-refractivity contribution in [3.05, 3.63) is 240 Å². The molecule has 266 valence electrons. The van der Waals surface area contributed by atoms with Gasteiger partial charge in [0.2, 0.25) is 0 Å². The van der Waals surface area contributed by atoms with Gasteiger partial charge in [-0.25, -0.2) is 19.8 Å². The van der Waals surface area contributed by atoms with Gasteiger partial charge in [0.1, 0.15) is 0 Å². The number of hydrogen-bond acceptors (Lipinski definition) is 3. The standard InChI is InChI=1S/C53H34N4/c1-54-48-27-15-26-46-49(48)45-33-32-41(35-47(45)53(46,43-22-10-4-11-23-43)44-24-12-5-13-25-44)40-20-14-21-42(34-40)52-56-50(38-18-8-3-9-19-38)55-51(57-52)39-30-28-37(29-31-39)36-16-6-2-7-17-36/h2-35H. The summed E-state index contributed by atoms with van der Waals surface area (Å²) in [5.41, 5.74) is 13.9. The second-order valence-electron chi connectivity index (χ2n) is 14.3. The van der Waals surface area contributed by atoms with Crippen molar-refractivity contribution in [3.63, 3.8) is 0 Å². The van der Waals surface area contributed by atoms with Gasteiger partial charge in [0, 0.05) is 16.7 Å². The van der Waals surface area contributed by atoms with Crippen LogP contribution in [-0.4, -0.2) is 15.0 Å². The summed E-state index contributed by atoms with van der Waals surface area (Å²) in [5.74, 6) is 1.84. The van der Waals surface area contributed by atoms with Crippen LogP contribution in [0.2, 0.25) is 0 Å². The molecule has 8 aromatic carbocycles. The molecule has 0 atom stereocenters. The summed E-state index contributed by atoms with van der Waals surface area (Å²) in [5, 5.41) is 0. The van der Waals surface area contributed by atoms with E-state index in [-0.39, 0.29) is 0 Å². The van der Waals surface area contributed by atoms with Crippen LogP contribution in [0.15, 0.2) is 206 Å². The van der Waals surface area contributed by atoms with E-state index in [0.717, 1.165) is 72.3 Å². The summed E-state index contributed by atoms with van der Waals surface area (Å²) in [7, 11) is 0. The predicted octanol–water partition coefficient (Wildman–Crippen LogP) is 13.1. The van der Waals surface area contributed by atoms with Gasteiger partial charge in [0.25, 0.3) is 0 Å². The highest BCUT2D eigenvalue weighted by Crippen LogP contribution is 2.59. The van der Waals surface area contributed by atoms with Gasteiger partial charge in [-0.1, -0.05) is 194 Å². The van der Waals surface area contributed by atoms with Crippen LogP contribution in [0.5, 0.6) is 0 Å². The molecule has 9 aromatic rings. The molecule has 1 aliphatic carbocycles. The Hall–Kier alpha value is -7.74. The molecule has 10 rings (SSSR count). The van der Waals surface area contributed by atoms with Crippen molar-refractivity contribution in [2.45, 2.75) is 5.41 Å². The largest absolute Gasteiger partial charge is 0.238 e. The molecule has 1 aromatic heterocycles. The summed E-state index contributed by atoms with van der Waals surface area (Å²) in [4.78, 5) is 19.2. The van der Waals surface area contributed by atoms with Crippen LogP contribution in [0.3, 0.4) is 0 Å². The fourth-order valence-electron chi connectivity index (χ4n) is 8.42. The monoisotopic (exact) mass is 726 g/mol. The maximum atomic E-state index is 8.17. The third kappa shape index (κ3) is 5.82. The molecule has 0 fully saturated rings. The Bertz CT molecular complexity index is 2900. The minimum atomic E-state index is -0.620. The summed E-state index contributed by atoms with van der Waals surface area (Å²) in [6.07, 6.45) is 0. The zero-order valence-corrected chi connectivity index (χ0v) is 30.9. The van der Waals surface area contributed by atoms with E-state index in [1.165, 1.54) is 0 Å². The highest BCUT2D eigenvalue weighted by atomic mass is 15.0. The maximum absolute atomic E-state index is 8.17. The van der Waals surface area contributed by atoms with Crippen LogP contribution < -0.4 is 0 Å². The Morgan fingerprint density at radius 2 is 0.789 bits per heavy atom. The van der Waals surface area contributed by atoms with Crippen LogP contribution in [0.4, 0.5) is 5.69 Å². The summed E-state index contributed by atoms with van der Waals surface area (Å²) >= 11 is 0. The van der Waals surface area contributed by atoms with Gasteiger partial charge in [-0.3, -0.25) is 0 Å². The first-order chi connectivity index (χ1) is 28.2. The lowest BCUT2D eigenvalue weighted by molar-refractivity contribution is 0.769. The lowest BCUT2D eigenvalue weighted by Crippen LogP contribution is -2.28. The normalized spacial score (nSPS) is 12.3. The van der Waals surface area contributed by atoms with Gasteiger partial charge < -0.3 is 0 Å². The molecule has 57 heavy (non-hydrogen) atoms. The zero-order valence-electron chi connectivity index (χ0n) is 30.9. The minimum absolute atomic E-state index is 0.603. The first-order valence-electron chi connectivity index (χ1n) is 19.1. The Balaban J connectivity index is 1.12. The van der Waals surface area contributed by atoms with E-state index in [0.29, 0.717) is 23.2 Å². The summed E-state index contributed by atoms with van der Waals surface area (Å²) < 4.78 is 0. The fourth-order valence-corrected chi connectivity index (χ4v) is 8.42. The Morgan fingerprint density at radius 1 is 0.351 bits per heavy atom. The van der Waals surface area contributed by atoms with E-state index in [1.54, 1.807) is 0 Å². The van der Waals surface area contributed by atoms with Crippen molar-refractivity contribution in [2.24, 2.45) is 0 Å². The fraction of sp³-hybridized carbons (Fsp3) is 0.0189. The zero-order chi connectivity index (χ0) is 38.2. The minimum Gasteiger partial charge on any atom is -0.238 e. The van der Waals surface area contributed by atoms with Crippen molar-refractivity contribution in [3.8, 4) is 67.5 Å². The van der Waals surface area contributed by atoms with Gasteiger partial charge in [0.15, 0.2) is 23.2 Å². The number of hydrogen-bond donors (Lipinski definition) is 0. The molecule has 0 saturated heterocycles. The SMILES string of the molecule is [C-]#[N+]c1cccc2c1-c1ccc(-c3cccc(-c4nc(-c5ccccc5)nc(-c5ccc(-c6ccccc6)cc5)n4)c3)cc1C2(c1ccccc1)c1ccccc1. The molecule has 0 N–H and O–H groups in total. The first kappa shape index (κ1) is 33.8. The lowest BCUT2D eigenvalue weighted by Gasteiger charge is -2.34. The number of fused-ring (bicyclic) bond motifs is 3. The molecule has 0 radical (unpaired) electrons. The Morgan fingerprint density at radius 3 is 1.40 bits per heavy atom. The molecule has 0 amide bonds. The molecule has 0 bridgehead atoms. The molecule has 0 saturated carbocycles. The van der Waals surface area contributed by atoms with E-state index >= 15 is 0 Å². The number of rotatable bonds is 7. The third-order valence-electron chi connectivity index (χ3n) is 11.0. The van der Waals surface area contributed by atoms with Crippen LogP contribution in [-0.2, 0) is 5.41 Å². The van der Waals surface area contributed by atoms with Crippen LogP contribution in [0.25, 0.3) is 72.4 Å². The topological polar surface area (TPSA) is 43.0 Å². The molecule has 4 nitrogen and oxygen atoms in total. The van der Waals surface area contributed by atoms with E-state index in [4.69, 9.17) is 21.5 Å². The van der Waals surface area contributed by atoms with E-state index in [2.05, 4.69) is 163 Å². The predicted molar refractivity (Wildman–Crippen MR) is 231 cm³/mol. The first-order valence-corrected chi connectivity index (χ1v) is 19.1. The highest BCUT2D eigenvalue weighted by molar-refractivity contribution is 5.95. The molecule has 4 heteroatoms. The van der Waals surface area contributed by atoms with Crippen LogP contribution in [0.1, 0.15) is 22.3 Å². The number of aromatic nitrogens is 3. The molecule has 1 aliphatic rings. The number of benzene rings is 8. The molecule has 0 unspecified atom stereocenters. The average Bonchev–Trinajstić information content (AvgIpc) is 3.61. The molecule has 0 spiro atoms. The molecular weight excluding hydrogens is 693 g/mol. The maximum Gasteiger partial charge on any atom is 0.195 e. The van der Waals surface area contributed by atoms with Gasteiger partial charge in [-0.2, -0.15) is 0 Å². The third-order valence-corrected chi connectivity index (χ3v) is 11.0. The molecule has 0 aliphatic heterocycles. The van der Waals surface area contributed by atoms with Crippen molar-refractivity contribution >= 4 is 5.69 Å². The lowest BCUT2D eigenvalue weighted by atomic mass is 9.67. The van der Waals surface area contributed by atoms with Gasteiger partial charge in [0.05, 0.1) is 12.0 Å². The average molecular weight is 727 g/mol. The van der Waals surface area contributed by atoms with Gasteiger partial charge in [-0.15, -0.1) is 0 Å². The second-order valence-corrected chi connectivity index (χ2v) is 14.3. The van der Waals surface area contributed by atoms with Crippen molar-refractivity contribution in [2.75, 3.05) is 0 Å². The second kappa shape index (κ2) is 14.2. The summed E-state index contributed by atoms with van der Waals surface area (Å²) in [6, 6.07) is 71.6. The van der Waals surface area contributed by atoms with E-state index in [1.807, 2.05) is 48.5 Å².